The van der Waals surface area contributed by atoms with Gasteiger partial charge < -0.3 is 14.9 Å². The van der Waals surface area contributed by atoms with E-state index in [0.717, 1.165) is 32.1 Å². The number of hydrogen-bond donors (Lipinski definition) is 2. The summed E-state index contributed by atoms with van der Waals surface area (Å²) in [7, 11) is 0. The molecule has 0 aromatic rings. The molecule has 2 N–H and O–H groups in total. The number of carbonyl (C=O) groups excluding carboxylic acids is 3. The summed E-state index contributed by atoms with van der Waals surface area (Å²) < 4.78 is 5.35. The van der Waals surface area contributed by atoms with Gasteiger partial charge in [0.05, 0.1) is 6.10 Å². The maximum Gasteiger partial charge on any atom is 0.306 e. The van der Waals surface area contributed by atoms with Crippen molar-refractivity contribution in [3.8, 4) is 0 Å². The highest BCUT2D eigenvalue weighted by molar-refractivity contribution is 5.92. The lowest BCUT2D eigenvalue weighted by Crippen LogP contribution is -2.62. The second kappa shape index (κ2) is 9.09. The first-order valence-corrected chi connectivity index (χ1v) is 13.9. The number of carbonyl (C=O) groups is 3. The van der Waals surface area contributed by atoms with Crippen LogP contribution in [0.1, 0.15) is 97.3 Å². The molecule has 0 radical (unpaired) electrons. The summed E-state index contributed by atoms with van der Waals surface area (Å²) in [6.07, 6.45) is 11.5. The fraction of sp³-hybridized carbons (Fsp3) is 0.828. The second-order valence-corrected chi connectivity index (χ2v) is 12.7. The molecule has 6 heteroatoms. The van der Waals surface area contributed by atoms with Gasteiger partial charge in [0.1, 0.15) is 5.60 Å². The molecular weight excluding hydrogens is 444 g/mol. The Morgan fingerprint density at radius 1 is 1.09 bits per heavy atom. The van der Waals surface area contributed by atoms with Crippen LogP contribution in [-0.4, -0.2) is 46.1 Å². The van der Waals surface area contributed by atoms with Crippen LogP contribution in [0, 0.1) is 34.5 Å². The van der Waals surface area contributed by atoms with Gasteiger partial charge in [-0.2, -0.15) is 0 Å². The summed E-state index contributed by atoms with van der Waals surface area (Å²) in [4.78, 5) is 37.7. The Kier molecular flexibility index (Phi) is 6.53. The number of hydrogen-bond acceptors (Lipinski definition) is 6. The number of ketones is 2. The van der Waals surface area contributed by atoms with E-state index in [1.54, 1.807) is 0 Å². The zero-order valence-electron chi connectivity index (χ0n) is 21.4. The fourth-order valence-corrected chi connectivity index (χ4v) is 9.11. The van der Waals surface area contributed by atoms with Crippen molar-refractivity contribution >= 4 is 17.5 Å². The third-order valence-electron chi connectivity index (χ3n) is 11.1. The van der Waals surface area contributed by atoms with E-state index in [1.807, 2.05) is 13.0 Å². The Bertz CT molecular complexity index is 918. The maximum absolute atomic E-state index is 13.3. The molecule has 0 unspecified atom stereocenters. The van der Waals surface area contributed by atoms with E-state index in [4.69, 9.17) is 4.74 Å². The average molecular weight is 487 g/mol. The molecule has 0 aromatic heterocycles. The molecule has 6 nitrogen and oxygen atoms in total. The summed E-state index contributed by atoms with van der Waals surface area (Å²) >= 11 is 0. The minimum absolute atomic E-state index is 0.0412. The minimum Gasteiger partial charge on any atom is -0.458 e. The summed E-state index contributed by atoms with van der Waals surface area (Å²) in [6, 6.07) is 0. The normalized spacial score (nSPS) is 43.2. The molecule has 0 spiro atoms. The van der Waals surface area contributed by atoms with E-state index in [1.165, 1.54) is 31.3 Å². The number of aliphatic hydroxyl groups excluding tert-OH is 1. The SMILES string of the molecule is C[C@]12CCC(=O)C=C1CC[C@@H]1[C@H]2[C@@H](O)C[C@@]2(C)[C@H]1CC[C@]2(O)C(=O)COC(=O)CCC1CCCC1. The Labute approximate surface area is 208 Å². The highest BCUT2D eigenvalue weighted by atomic mass is 16.5. The van der Waals surface area contributed by atoms with Crippen molar-refractivity contribution in [1.29, 1.82) is 0 Å². The minimum atomic E-state index is -1.59. The number of esters is 1. The average Bonchev–Trinajstić information content (AvgIpc) is 3.43. The Morgan fingerprint density at radius 3 is 2.57 bits per heavy atom. The molecule has 4 fully saturated rings. The summed E-state index contributed by atoms with van der Waals surface area (Å²) in [5, 5.41) is 23.2. The molecule has 194 valence electrons. The van der Waals surface area contributed by atoms with Gasteiger partial charge in [-0.1, -0.05) is 45.1 Å². The zero-order chi connectivity index (χ0) is 25.0. The van der Waals surface area contributed by atoms with E-state index < -0.39 is 22.9 Å². The van der Waals surface area contributed by atoms with Crippen LogP contribution in [0.4, 0.5) is 0 Å². The molecule has 4 saturated carbocycles. The monoisotopic (exact) mass is 486 g/mol. The lowest BCUT2D eigenvalue weighted by molar-refractivity contribution is -0.184. The van der Waals surface area contributed by atoms with E-state index in [0.29, 0.717) is 31.6 Å². The Hall–Kier alpha value is -1.53. The third kappa shape index (κ3) is 4.03. The standard InChI is InChI=1S/C29H42O6/c1-27-13-11-20(30)15-19(27)8-9-21-22-12-14-29(34,28(22,2)16-23(31)26(21)27)24(32)17-35-25(33)10-7-18-5-3-4-6-18/h15,18,21-23,26,31,34H,3-14,16-17H2,1-2H3/t21-,22-,23-,26-,27-,28-,29-/m0/s1. The van der Waals surface area contributed by atoms with Crippen molar-refractivity contribution < 1.29 is 29.3 Å². The lowest BCUT2D eigenvalue weighted by Gasteiger charge is -2.60. The van der Waals surface area contributed by atoms with E-state index in [-0.39, 0.29) is 41.5 Å². The van der Waals surface area contributed by atoms with Gasteiger partial charge in [0.2, 0.25) is 5.78 Å². The van der Waals surface area contributed by atoms with Gasteiger partial charge in [0, 0.05) is 18.3 Å². The summed E-state index contributed by atoms with van der Waals surface area (Å²) in [5.41, 5.74) is -1.36. The quantitative estimate of drug-likeness (QED) is 0.543. The molecule has 5 aliphatic rings. The number of fused-ring (bicyclic) bond motifs is 5. The summed E-state index contributed by atoms with van der Waals surface area (Å²) in [6.45, 7) is 3.77. The first-order chi connectivity index (χ1) is 16.6. The van der Waals surface area contributed by atoms with Crippen LogP contribution in [0.25, 0.3) is 0 Å². The van der Waals surface area contributed by atoms with E-state index >= 15 is 0 Å². The van der Waals surface area contributed by atoms with Crippen molar-refractivity contribution in [3.05, 3.63) is 11.6 Å². The molecule has 5 aliphatic carbocycles. The van der Waals surface area contributed by atoms with Crippen LogP contribution < -0.4 is 0 Å². The van der Waals surface area contributed by atoms with E-state index in [9.17, 15) is 24.6 Å². The number of aliphatic hydroxyl groups is 2. The summed E-state index contributed by atoms with van der Waals surface area (Å²) in [5.74, 6) is 0.360. The molecule has 0 saturated heterocycles. The van der Waals surface area contributed by atoms with Gasteiger partial charge in [-0.25, -0.2) is 0 Å². The predicted octanol–water partition coefficient (Wildman–Crippen LogP) is 4.30. The van der Waals surface area contributed by atoms with Crippen molar-refractivity contribution in [2.24, 2.45) is 34.5 Å². The van der Waals surface area contributed by atoms with Crippen LogP contribution >= 0.6 is 0 Å². The third-order valence-corrected chi connectivity index (χ3v) is 11.1. The first kappa shape index (κ1) is 25.1. The smallest absolute Gasteiger partial charge is 0.306 e. The highest BCUT2D eigenvalue weighted by Gasteiger charge is 2.68. The van der Waals surface area contributed by atoms with Crippen molar-refractivity contribution in [3.63, 3.8) is 0 Å². The number of rotatable bonds is 6. The second-order valence-electron chi connectivity index (χ2n) is 12.7. The molecule has 0 aliphatic heterocycles. The van der Waals surface area contributed by atoms with Crippen molar-refractivity contribution in [2.75, 3.05) is 6.61 Å². The van der Waals surface area contributed by atoms with Crippen LogP contribution in [0.3, 0.4) is 0 Å². The maximum atomic E-state index is 13.3. The fourth-order valence-electron chi connectivity index (χ4n) is 9.11. The van der Waals surface area contributed by atoms with Crippen LogP contribution in [0.15, 0.2) is 11.6 Å². The van der Waals surface area contributed by atoms with Gasteiger partial charge in [-0.15, -0.1) is 0 Å². The van der Waals surface area contributed by atoms with Gasteiger partial charge in [-0.05, 0) is 80.1 Å². The largest absolute Gasteiger partial charge is 0.458 e. The first-order valence-electron chi connectivity index (χ1n) is 13.9. The Balaban J connectivity index is 1.28. The number of Topliss-reactive ketones (excluding diaryl/α,β-unsaturated/α-hetero) is 1. The van der Waals surface area contributed by atoms with Gasteiger partial charge in [0.25, 0.3) is 0 Å². The lowest BCUT2D eigenvalue weighted by atomic mass is 9.45. The molecule has 0 amide bonds. The molecular formula is C29H42O6. The van der Waals surface area contributed by atoms with Crippen molar-refractivity contribution in [2.45, 2.75) is 109 Å². The molecule has 35 heavy (non-hydrogen) atoms. The van der Waals surface area contributed by atoms with Crippen LogP contribution in [-0.2, 0) is 19.1 Å². The molecule has 5 rings (SSSR count). The Morgan fingerprint density at radius 2 is 1.83 bits per heavy atom. The number of ether oxygens (including phenoxy) is 1. The molecule has 0 bridgehead atoms. The van der Waals surface area contributed by atoms with Crippen LogP contribution in [0.2, 0.25) is 0 Å². The zero-order valence-corrected chi connectivity index (χ0v) is 21.4. The van der Waals surface area contributed by atoms with E-state index in [2.05, 4.69) is 6.92 Å². The predicted molar refractivity (Wildman–Crippen MR) is 130 cm³/mol. The highest BCUT2D eigenvalue weighted by Crippen LogP contribution is 2.67. The molecule has 7 atom stereocenters. The number of allylic oxidation sites excluding steroid dienone is 1. The van der Waals surface area contributed by atoms with Crippen molar-refractivity contribution in [1.82, 2.24) is 0 Å². The molecule has 0 aromatic carbocycles. The van der Waals surface area contributed by atoms with Gasteiger partial charge >= 0.3 is 5.97 Å². The van der Waals surface area contributed by atoms with Gasteiger partial charge in [0.15, 0.2) is 12.4 Å². The van der Waals surface area contributed by atoms with Crippen LogP contribution in [0.5, 0.6) is 0 Å². The molecule has 0 heterocycles. The van der Waals surface area contributed by atoms with Gasteiger partial charge in [-0.3, -0.25) is 14.4 Å². The topological polar surface area (TPSA) is 101 Å².